The Morgan fingerprint density at radius 3 is 2.36 bits per heavy atom. The van der Waals surface area contributed by atoms with Crippen LogP contribution in [0.15, 0.2) is 42.5 Å². The number of carbonyl (C=O) groups is 1. The molecule has 0 heterocycles. The molecule has 0 aromatic heterocycles. The van der Waals surface area contributed by atoms with Gasteiger partial charge in [0.2, 0.25) is 0 Å². The van der Waals surface area contributed by atoms with E-state index in [1.165, 1.54) is 5.56 Å². The van der Waals surface area contributed by atoms with Crippen molar-refractivity contribution in [2.75, 3.05) is 31.4 Å². The van der Waals surface area contributed by atoms with Crippen molar-refractivity contribution in [3.05, 3.63) is 58.1 Å². The largest absolute Gasteiger partial charge is 0.378 e. The molecule has 2 aromatic rings. The van der Waals surface area contributed by atoms with E-state index in [2.05, 4.69) is 34.5 Å². The van der Waals surface area contributed by atoms with Crippen LogP contribution >= 0.6 is 23.2 Å². The highest BCUT2D eigenvalue weighted by Gasteiger charge is 2.22. The van der Waals surface area contributed by atoms with Gasteiger partial charge in [-0.1, -0.05) is 35.3 Å². The van der Waals surface area contributed by atoms with Crippen molar-refractivity contribution < 1.29 is 9.69 Å². The minimum atomic E-state index is -0.222. The van der Waals surface area contributed by atoms with Gasteiger partial charge in [0.1, 0.15) is 6.54 Å². The van der Waals surface area contributed by atoms with Crippen LogP contribution in [0.3, 0.4) is 0 Å². The van der Waals surface area contributed by atoms with E-state index in [4.69, 9.17) is 23.2 Å². The maximum absolute atomic E-state index is 12.5. The number of halogens is 2. The normalized spacial score (nSPS) is 13.2. The molecule has 0 radical (unpaired) electrons. The number of carbonyl (C=O) groups excluding carboxylic acids is 1. The Labute approximate surface area is 159 Å². The van der Waals surface area contributed by atoms with E-state index < -0.39 is 0 Å². The molecule has 0 aliphatic carbocycles. The molecular weight excluding hydrogens is 357 g/mol. The maximum Gasteiger partial charge on any atom is 0.282 e. The van der Waals surface area contributed by atoms with Crippen molar-refractivity contribution in [1.29, 1.82) is 0 Å². The molecule has 0 fully saturated rings. The lowest BCUT2D eigenvalue weighted by Crippen LogP contribution is -3.12. The number of hydrogen-bond donors (Lipinski definition) is 2. The van der Waals surface area contributed by atoms with Crippen LogP contribution in [0, 0.1) is 0 Å². The molecule has 2 N–H and O–H groups in total. The Balaban J connectivity index is 1.98. The Hall–Kier alpha value is -1.75. The molecule has 1 unspecified atom stereocenters. The first-order valence-corrected chi connectivity index (χ1v) is 8.88. The summed E-state index contributed by atoms with van der Waals surface area (Å²) in [4.78, 5) is 15.7. The number of benzene rings is 2. The summed E-state index contributed by atoms with van der Waals surface area (Å²) < 4.78 is 0. The van der Waals surface area contributed by atoms with Crippen LogP contribution < -0.4 is 15.1 Å². The molecule has 0 aliphatic heterocycles. The molecule has 25 heavy (non-hydrogen) atoms. The fraction of sp³-hybridized carbons (Fsp3) is 0.316. The first-order valence-electron chi connectivity index (χ1n) is 8.12. The Kier molecular flexibility index (Phi) is 6.71. The van der Waals surface area contributed by atoms with Crippen molar-refractivity contribution >= 4 is 40.5 Å². The zero-order valence-corrected chi connectivity index (χ0v) is 16.4. The fourth-order valence-corrected chi connectivity index (χ4v) is 2.90. The van der Waals surface area contributed by atoms with Crippen LogP contribution in [0.5, 0.6) is 0 Å². The van der Waals surface area contributed by atoms with Crippen LogP contribution in [0.25, 0.3) is 0 Å². The van der Waals surface area contributed by atoms with Gasteiger partial charge in [0.25, 0.3) is 5.91 Å². The number of nitrogens with zero attached hydrogens (tertiary/aromatic N) is 1. The number of quaternary nitrogens is 1. The quantitative estimate of drug-likeness (QED) is 0.807. The third-order valence-corrected chi connectivity index (χ3v) is 4.80. The van der Waals surface area contributed by atoms with Gasteiger partial charge in [-0.25, -0.2) is 0 Å². The number of amides is 1. The molecule has 4 nitrogen and oxygen atoms in total. The summed E-state index contributed by atoms with van der Waals surface area (Å²) in [5.41, 5.74) is 2.92. The van der Waals surface area contributed by atoms with Gasteiger partial charge in [-0.3, -0.25) is 4.79 Å². The van der Waals surface area contributed by atoms with E-state index >= 15 is 0 Å². The maximum atomic E-state index is 12.5. The van der Waals surface area contributed by atoms with Crippen molar-refractivity contribution in [1.82, 2.24) is 0 Å². The van der Waals surface area contributed by atoms with Crippen molar-refractivity contribution in [3.63, 3.8) is 0 Å². The molecule has 2 rings (SSSR count). The molecule has 0 saturated carbocycles. The molecule has 6 heteroatoms. The highest BCUT2D eigenvalue weighted by atomic mass is 35.5. The van der Waals surface area contributed by atoms with Gasteiger partial charge in [0.05, 0.1) is 17.8 Å². The summed E-state index contributed by atoms with van der Waals surface area (Å²) in [6.07, 6.45) is 0. The fourth-order valence-electron chi connectivity index (χ4n) is 2.44. The summed E-state index contributed by atoms with van der Waals surface area (Å²) >= 11 is 12.0. The van der Waals surface area contributed by atoms with E-state index in [9.17, 15) is 4.79 Å². The average Bonchev–Trinajstić information content (AvgIpc) is 2.57. The van der Waals surface area contributed by atoms with Gasteiger partial charge in [-0.05, 0) is 37.3 Å². The number of likely N-dealkylation sites (N-methyl/N-ethyl adjacent to an activating group) is 1. The van der Waals surface area contributed by atoms with Gasteiger partial charge in [0.15, 0.2) is 6.04 Å². The predicted octanol–water partition coefficient (Wildman–Crippen LogP) is 3.10. The highest BCUT2D eigenvalue weighted by molar-refractivity contribution is 6.36. The van der Waals surface area contributed by atoms with E-state index in [1.54, 1.807) is 18.2 Å². The number of rotatable bonds is 6. The van der Waals surface area contributed by atoms with E-state index in [-0.39, 0.29) is 11.9 Å². The molecule has 0 saturated heterocycles. The minimum Gasteiger partial charge on any atom is -0.378 e. The Morgan fingerprint density at radius 1 is 1.16 bits per heavy atom. The Bertz CT molecular complexity index is 732. The highest BCUT2D eigenvalue weighted by Crippen LogP contribution is 2.25. The van der Waals surface area contributed by atoms with Gasteiger partial charge in [-0.2, -0.15) is 0 Å². The summed E-state index contributed by atoms with van der Waals surface area (Å²) in [7, 11) is 6.04. The minimum absolute atomic E-state index is 0.0772. The van der Waals surface area contributed by atoms with Crippen LogP contribution in [0.2, 0.25) is 10.0 Å². The van der Waals surface area contributed by atoms with E-state index in [0.29, 0.717) is 15.7 Å². The molecule has 0 bridgehead atoms. The van der Waals surface area contributed by atoms with Gasteiger partial charge in [-0.15, -0.1) is 0 Å². The standard InChI is InChI=1S/C19H23Cl2N3O/c1-13(19(25)22-18-10-7-15(20)11-17(18)21)24(4)12-14-5-8-16(9-6-14)23(2)3/h5-11,13H,12H2,1-4H3,(H,22,25)/p+1/t13-/m1/s1. The van der Waals surface area contributed by atoms with Gasteiger partial charge in [0, 0.05) is 30.4 Å². The molecule has 2 aromatic carbocycles. The zero-order chi connectivity index (χ0) is 18.6. The Morgan fingerprint density at radius 2 is 1.80 bits per heavy atom. The molecule has 0 aliphatic rings. The average molecular weight is 381 g/mol. The summed E-state index contributed by atoms with van der Waals surface area (Å²) in [5.74, 6) is -0.0772. The molecule has 2 atom stereocenters. The van der Waals surface area contributed by atoms with Crippen LogP contribution in [0.4, 0.5) is 11.4 Å². The predicted molar refractivity (Wildman–Crippen MR) is 106 cm³/mol. The van der Waals surface area contributed by atoms with E-state index in [1.807, 2.05) is 28.1 Å². The monoisotopic (exact) mass is 380 g/mol. The lowest BCUT2D eigenvalue weighted by Gasteiger charge is -2.22. The second-order valence-corrected chi connectivity index (χ2v) is 7.26. The SMILES string of the molecule is C[C@H](C(=O)Nc1ccc(Cl)cc1Cl)[NH+](C)Cc1ccc(N(C)C)cc1. The number of nitrogens with one attached hydrogen (secondary N) is 2. The topological polar surface area (TPSA) is 36.8 Å². The van der Waals surface area contributed by atoms with Crippen LogP contribution in [0.1, 0.15) is 12.5 Å². The summed E-state index contributed by atoms with van der Waals surface area (Å²) in [5, 5.41) is 3.85. The second-order valence-electron chi connectivity index (χ2n) is 6.42. The summed E-state index contributed by atoms with van der Waals surface area (Å²) in [6, 6.07) is 13.2. The van der Waals surface area contributed by atoms with Crippen LogP contribution in [-0.4, -0.2) is 33.1 Å². The smallest absolute Gasteiger partial charge is 0.282 e. The lowest BCUT2D eigenvalue weighted by atomic mass is 10.1. The molecule has 1 amide bonds. The first-order chi connectivity index (χ1) is 11.8. The molecule has 134 valence electrons. The van der Waals surface area contributed by atoms with Gasteiger partial charge >= 0.3 is 0 Å². The van der Waals surface area contributed by atoms with E-state index in [0.717, 1.165) is 17.1 Å². The summed E-state index contributed by atoms with van der Waals surface area (Å²) in [6.45, 7) is 2.67. The van der Waals surface area contributed by atoms with Crippen molar-refractivity contribution in [2.45, 2.75) is 19.5 Å². The van der Waals surface area contributed by atoms with Crippen molar-refractivity contribution in [2.24, 2.45) is 0 Å². The number of anilines is 2. The molecular formula is C19H24Cl2N3O+. The first kappa shape index (κ1) is 19.6. The zero-order valence-electron chi connectivity index (χ0n) is 14.9. The van der Waals surface area contributed by atoms with Gasteiger partial charge < -0.3 is 15.1 Å². The number of hydrogen-bond acceptors (Lipinski definition) is 2. The van der Waals surface area contributed by atoms with Crippen LogP contribution in [-0.2, 0) is 11.3 Å². The van der Waals surface area contributed by atoms with Crippen molar-refractivity contribution in [3.8, 4) is 0 Å². The molecule has 0 spiro atoms. The second kappa shape index (κ2) is 8.56. The third-order valence-electron chi connectivity index (χ3n) is 4.26. The third kappa shape index (κ3) is 5.36. The lowest BCUT2D eigenvalue weighted by molar-refractivity contribution is -0.907.